The first-order valence-corrected chi connectivity index (χ1v) is 9.36. The molecule has 1 N–H and O–H groups in total. The van der Waals surface area contributed by atoms with Crippen LogP contribution in [-0.4, -0.2) is 50.6 Å². The van der Waals surface area contributed by atoms with E-state index in [2.05, 4.69) is 15.3 Å². The number of fused-ring (bicyclic) bond motifs is 1. The molecule has 1 aliphatic rings. The maximum atomic E-state index is 12.2. The van der Waals surface area contributed by atoms with Crippen LogP contribution in [0.4, 0.5) is 16.2 Å². The summed E-state index contributed by atoms with van der Waals surface area (Å²) in [7, 11) is 0. The van der Waals surface area contributed by atoms with Crippen molar-refractivity contribution in [2.45, 2.75) is 45.3 Å². The molecule has 28 heavy (non-hydrogen) atoms. The number of nitro groups is 1. The molecule has 0 unspecified atom stereocenters. The van der Waals surface area contributed by atoms with Crippen molar-refractivity contribution in [3.63, 3.8) is 0 Å². The van der Waals surface area contributed by atoms with Gasteiger partial charge in [0.05, 0.1) is 10.4 Å². The molecule has 0 bridgehead atoms. The maximum Gasteiger partial charge on any atom is 0.410 e. The molecule has 3 heterocycles. The maximum absolute atomic E-state index is 12.2. The van der Waals surface area contributed by atoms with Crippen molar-refractivity contribution in [1.82, 2.24) is 14.9 Å². The van der Waals surface area contributed by atoms with Crippen molar-refractivity contribution < 1.29 is 14.5 Å². The number of carbonyl (C=O) groups excluding carboxylic acids is 1. The van der Waals surface area contributed by atoms with Crippen LogP contribution in [0.2, 0.25) is 5.15 Å². The summed E-state index contributed by atoms with van der Waals surface area (Å²) in [6, 6.07) is 3.21. The van der Waals surface area contributed by atoms with Crippen LogP contribution in [0.15, 0.2) is 18.3 Å². The number of amides is 1. The molecule has 9 nitrogen and oxygen atoms in total. The Morgan fingerprint density at radius 2 is 2.04 bits per heavy atom. The van der Waals surface area contributed by atoms with Gasteiger partial charge in [-0.3, -0.25) is 10.1 Å². The minimum absolute atomic E-state index is 0.0521. The number of piperidine rings is 1. The number of ether oxygens (including phenoxy) is 1. The highest BCUT2D eigenvalue weighted by atomic mass is 35.5. The van der Waals surface area contributed by atoms with Gasteiger partial charge >= 0.3 is 11.8 Å². The topological polar surface area (TPSA) is 110 Å². The van der Waals surface area contributed by atoms with Gasteiger partial charge in [0, 0.05) is 19.1 Å². The molecular formula is C18H22ClN5O4. The van der Waals surface area contributed by atoms with E-state index in [0.717, 1.165) is 0 Å². The third-order valence-corrected chi connectivity index (χ3v) is 4.56. The molecule has 1 fully saturated rings. The van der Waals surface area contributed by atoms with Gasteiger partial charge in [-0.05, 0) is 45.7 Å². The Labute approximate surface area is 167 Å². The third-order valence-electron chi connectivity index (χ3n) is 4.35. The van der Waals surface area contributed by atoms with Gasteiger partial charge in [-0.25, -0.2) is 14.8 Å². The lowest BCUT2D eigenvalue weighted by Crippen LogP contribution is -2.44. The van der Waals surface area contributed by atoms with Crippen molar-refractivity contribution in [3.8, 4) is 0 Å². The molecule has 0 radical (unpaired) electrons. The first kappa shape index (κ1) is 20.1. The minimum atomic E-state index is -0.548. The predicted molar refractivity (Wildman–Crippen MR) is 106 cm³/mol. The Kier molecular flexibility index (Phi) is 5.55. The second kappa shape index (κ2) is 7.75. The molecule has 1 aliphatic heterocycles. The molecule has 3 rings (SSSR count). The van der Waals surface area contributed by atoms with E-state index in [1.165, 1.54) is 6.20 Å². The van der Waals surface area contributed by atoms with Gasteiger partial charge < -0.3 is 15.0 Å². The van der Waals surface area contributed by atoms with E-state index in [4.69, 9.17) is 16.3 Å². The van der Waals surface area contributed by atoms with E-state index < -0.39 is 10.5 Å². The van der Waals surface area contributed by atoms with Crippen LogP contribution in [0.1, 0.15) is 33.6 Å². The van der Waals surface area contributed by atoms with E-state index in [1.807, 2.05) is 20.8 Å². The molecule has 0 aromatic carbocycles. The molecule has 1 saturated heterocycles. The molecule has 2 aromatic rings. The zero-order valence-electron chi connectivity index (χ0n) is 15.9. The van der Waals surface area contributed by atoms with Gasteiger partial charge in [0.1, 0.15) is 28.2 Å². The summed E-state index contributed by atoms with van der Waals surface area (Å²) in [5.74, 6) is 0. The minimum Gasteiger partial charge on any atom is -0.444 e. The standard InChI is InChI=1S/C18H22ClN5O4/c1-18(2,3)28-17(25)23-8-6-11(7-9-23)21-16-13(24(26)27)10-20-12-4-5-14(19)22-15(12)16/h4-5,10-11H,6-9H2,1-3H3,(H,20,21). The fraction of sp³-hybridized carbons (Fsp3) is 0.500. The summed E-state index contributed by atoms with van der Waals surface area (Å²) in [4.78, 5) is 33.1. The Hall–Kier alpha value is -2.68. The molecule has 1 amide bonds. The molecule has 0 spiro atoms. The van der Waals surface area contributed by atoms with Crippen LogP contribution in [0, 0.1) is 10.1 Å². The van der Waals surface area contributed by atoms with Gasteiger partial charge in [-0.1, -0.05) is 11.6 Å². The average Bonchev–Trinajstić information content (AvgIpc) is 2.61. The monoisotopic (exact) mass is 407 g/mol. The van der Waals surface area contributed by atoms with Crippen LogP contribution in [0.5, 0.6) is 0 Å². The lowest BCUT2D eigenvalue weighted by molar-refractivity contribution is -0.384. The van der Waals surface area contributed by atoms with Crippen molar-refractivity contribution >= 4 is 40.1 Å². The van der Waals surface area contributed by atoms with E-state index in [-0.39, 0.29) is 23.0 Å². The number of rotatable bonds is 3. The van der Waals surface area contributed by atoms with Crippen LogP contribution in [-0.2, 0) is 4.74 Å². The number of likely N-dealkylation sites (tertiary alicyclic amines) is 1. The SMILES string of the molecule is CC(C)(C)OC(=O)N1CCC(Nc2c([N+](=O)[O-])cnc3ccc(Cl)nc23)CC1. The average molecular weight is 408 g/mol. The zero-order chi connectivity index (χ0) is 20.5. The van der Waals surface area contributed by atoms with Gasteiger partial charge in [0.15, 0.2) is 0 Å². The molecule has 0 aliphatic carbocycles. The number of aromatic nitrogens is 2. The van der Waals surface area contributed by atoms with Gasteiger partial charge in [0.2, 0.25) is 0 Å². The van der Waals surface area contributed by atoms with E-state index in [9.17, 15) is 14.9 Å². The van der Waals surface area contributed by atoms with Crippen molar-refractivity contribution in [2.24, 2.45) is 0 Å². The fourth-order valence-corrected chi connectivity index (χ4v) is 3.20. The summed E-state index contributed by atoms with van der Waals surface area (Å²) in [6.45, 7) is 6.47. The number of halogens is 1. The summed E-state index contributed by atoms with van der Waals surface area (Å²) < 4.78 is 5.40. The molecule has 0 atom stereocenters. The molecule has 150 valence electrons. The highest BCUT2D eigenvalue weighted by Crippen LogP contribution is 2.33. The van der Waals surface area contributed by atoms with Crippen molar-refractivity contribution in [3.05, 3.63) is 33.6 Å². The first-order valence-electron chi connectivity index (χ1n) is 8.98. The Morgan fingerprint density at radius 1 is 1.36 bits per heavy atom. The lowest BCUT2D eigenvalue weighted by Gasteiger charge is -2.34. The normalized spacial score (nSPS) is 15.5. The molecule has 2 aromatic heterocycles. The van der Waals surface area contributed by atoms with Crippen molar-refractivity contribution in [1.29, 1.82) is 0 Å². The number of hydrogen-bond acceptors (Lipinski definition) is 7. The number of pyridine rings is 2. The Bertz CT molecular complexity index is 907. The number of nitrogens with one attached hydrogen (secondary N) is 1. The smallest absolute Gasteiger partial charge is 0.410 e. The summed E-state index contributed by atoms with van der Waals surface area (Å²) in [6.07, 6.45) is 2.12. The number of hydrogen-bond donors (Lipinski definition) is 1. The van der Waals surface area contributed by atoms with Gasteiger partial charge in [0.25, 0.3) is 0 Å². The molecular weight excluding hydrogens is 386 g/mol. The van der Waals surface area contributed by atoms with Crippen LogP contribution in [0.3, 0.4) is 0 Å². The third kappa shape index (κ3) is 4.59. The number of anilines is 1. The lowest BCUT2D eigenvalue weighted by atomic mass is 10.0. The van der Waals surface area contributed by atoms with Gasteiger partial charge in [-0.15, -0.1) is 0 Å². The fourth-order valence-electron chi connectivity index (χ4n) is 3.05. The molecule has 10 heteroatoms. The predicted octanol–water partition coefficient (Wildman–Crippen LogP) is 4.00. The summed E-state index contributed by atoms with van der Waals surface area (Å²) in [5, 5.41) is 14.9. The Balaban J connectivity index is 1.77. The van der Waals surface area contributed by atoms with Crippen LogP contribution in [0.25, 0.3) is 11.0 Å². The summed E-state index contributed by atoms with van der Waals surface area (Å²) in [5.41, 5.74) is 0.471. The highest BCUT2D eigenvalue weighted by molar-refractivity contribution is 6.29. The Morgan fingerprint density at radius 3 is 2.64 bits per heavy atom. The van der Waals surface area contributed by atoms with E-state index in [0.29, 0.717) is 42.7 Å². The van der Waals surface area contributed by atoms with Crippen LogP contribution >= 0.6 is 11.6 Å². The molecule has 0 saturated carbocycles. The van der Waals surface area contributed by atoms with Crippen LogP contribution < -0.4 is 5.32 Å². The summed E-state index contributed by atoms with van der Waals surface area (Å²) >= 11 is 5.98. The second-order valence-electron chi connectivity index (χ2n) is 7.66. The first-order chi connectivity index (χ1) is 13.1. The quantitative estimate of drug-likeness (QED) is 0.465. The largest absolute Gasteiger partial charge is 0.444 e. The van der Waals surface area contributed by atoms with E-state index in [1.54, 1.807) is 17.0 Å². The number of nitrogens with zero attached hydrogens (tertiary/aromatic N) is 4. The van der Waals surface area contributed by atoms with Crippen molar-refractivity contribution in [2.75, 3.05) is 18.4 Å². The highest BCUT2D eigenvalue weighted by Gasteiger charge is 2.29. The van der Waals surface area contributed by atoms with E-state index >= 15 is 0 Å². The zero-order valence-corrected chi connectivity index (χ0v) is 16.7. The number of carbonyl (C=O) groups is 1. The second-order valence-corrected chi connectivity index (χ2v) is 8.05. The van der Waals surface area contributed by atoms with Gasteiger partial charge in [-0.2, -0.15) is 0 Å².